The third-order valence-electron chi connectivity index (χ3n) is 3.34. The van der Waals surface area contributed by atoms with Crippen LogP contribution in [0.2, 0.25) is 0 Å². The molecule has 0 aliphatic rings. The van der Waals surface area contributed by atoms with Crippen LogP contribution in [0.1, 0.15) is 18.9 Å². The molecular weight excluding hydrogens is 328 g/mol. The number of anilines is 2. The fourth-order valence-corrected chi connectivity index (χ4v) is 3.19. The van der Waals surface area contributed by atoms with Crippen LogP contribution < -0.4 is 10.0 Å². The number of sulfonamides is 1. The summed E-state index contributed by atoms with van der Waals surface area (Å²) in [5.74, 6) is 0. The van der Waals surface area contributed by atoms with E-state index < -0.39 is 16.1 Å². The topological polar surface area (TPSA) is 84.5 Å². The van der Waals surface area contributed by atoms with Gasteiger partial charge in [-0.2, -0.15) is 0 Å². The van der Waals surface area contributed by atoms with E-state index in [9.17, 15) is 13.2 Å². The van der Waals surface area contributed by atoms with Gasteiger partial charge in [-0.05, 0) is 48.4 Å². The lowest BCUT2D eigenvalue weighted by molar-refractivity contribution is 0.187. The second-order valence-corrected chi connectivity index (χ2v) is 6.88. The zero-order chi connectivity index (χ0) is 17.6. The van der Waals surface area contributed by atoms with Gasteiger partial charge < -0.3 is 4.74 Å². The molecule has 7 heteroatoms. The summed E-state index contributed by atoms with van der Waals surface area (Å²) >= 11 is 0. The van der Waals surface area contributed by atoms with Crippen molar-refractivity contribution in [2.75, 3.05) is 17.1 Å². The van der Waals surface area contributed by atoms with E-state index in [1.807, 2.05) is 12.1 Å². The molecule has 0 saturated carbocycles. The predicted octanol–water partition coefficient (Wildman–Crippen LogP) is 3.62. The van der Waals surface area contributed by atoms with Crippen LogP contribution in [0.3, 0.4) is 0 Å². The van der Waals surface area contributed by atoms with Crippen LogP contribution in [0.25, 0.3) is 0 Å². The zero-order valence-corrected chi connectivity index (χ0v) is 14.4. The Kier molecular flexibility index (Phi) is 5.81. The van der Waals surface area contributed by atoms with Gasteiger partial charge in [0.15, 0.2) is 0 Å². The lowest BCUT2D eigenvalue weighted by atomic mass is 10.1. The minimum absolute atomic E-state index is 0.208. The number of nitrogens with one attached hydrogen (secondary N) is 2. The highest BCUT2D eigenvalue weighted by atomic mass is 32.2. The van der Waals surface area contributed by atoms with Crippen molar-refractivity contribution in [3.05, 3.63) is 54.1 Å². The van der Waals surface area contributed by atoms with Crippen molar-refractivity contribution >= 4 is 27.5 Å². The van der Waals surface area contributed by atoms with E-state index in [4.69, 9.17) is 0 Å². The van der Waals surface area contributed by atoms with Gasteiger partial charge in [-0.25, -0.2) is 13.2 Å². The maximum Gasteiger partial charge on any atom is 0.411 e. The Labute approximate surface area is 141 Å². The van der Waals surface area contributed by atoms with Crippen LogP contribution in [0.4, 0.5) is 16.2 Å². The van der Waals surface area contributed by atoms with Crippen molar-refractivity contribution in [3.63, 3.8) is 0 Å². The molecule has 1 amide bonds. The van der Waals surface area contributed by atoms with Crippen molar-refractivity contribution in [2.24, 2.45) is 0 Å². The normalized spacial score (nSPS) is 10.9. The van der Waals surface area contributed by atoms with Gasteiger partial charge >= 0.3 is 6.09 Å². The van der Waals surface area contributed by atoms with Gasteiger partial charge in [-0.15, -0.1) is 0 Å². The molecule has 0 heterocycles. The zero-order valence-electron chi connectivity index (χ0n) is 13.6. The summed E-state index contributed by atoms with van der Waals surface area (Å²) in [6, 6.07) is 13.1. The molecule has 24 heavy (non-hydrogen) atoms. The van der Waals surface area contributed by atoms with Crippen LogP contribution in [0.15, 0.2) is 53.4 Å². The second kappa shape index (κ2) is 7.83. The maximum atomic E-state index is 12.4. The fourth-order valence-electron chi connectivity index (χ4n) is 2.13. The lowest BCUT2D eigenvalue weighted by Gasteiger charge is -2.10. The molecule has 0 aliphatic heterocycles. The maximum absolute atomic E-state index is 12.4. The van der Waals surface area contributed by atoms with Crippen molar-refractivity contribution < 1.29 is 17.9 Å². The fraction of sp³-hybridized carbons (Fsp3) is 0.235. The van der Waals surface area contributed by atoms with Crippen molar-refractivity contribution in [3.8, 4) is 0 Å². The van der Waals surface area contributed by atoms with Crippen LogP contribution >= 0.6 is 0 Å². The van der Waals surface area contributed by atoms with Crippen LogP contribution in [-0.4, -0.2) is 21.6 Å². The number of benzene rings is 2. The summed E-state index contributed by atoms with van der Waals surface area (Å²) in [5.41, 5.74) is 2.02. The molecule has 0 fully saturated rings. The second-order valence-electron chi connectivity index (χ2n) is 5.19. The Morgan fingerprint density at radius 1 is 1.00 bits per heavy atom. The summed E-state index contributed by atoms with van der Waals surface area (Å²) in [4.78, 5) is 11.3. The number of rotatable bonds is 6. The van der Waals surface area contributed by atoms with Crippen molar-refractivity contribution in [1.82, 2.24) is 0 Å². The number of carbonyl (C=O) groups is 1. The molecule has 0 bridgehead atoms. The molecule has 0 saturated heterocycles. The minimum Gasteiger partial charge on any atom is -0.453 e. The molecule has 0 radical (unpaired) electrons. The molecule has 2 N–H and O–H groups in total. The molecule has 128 valence electrons. The number of hydrogen-bond donors (Lipinski definition) is 2. The van der Waals surface area contributed by atoms with Crippen molar-refractivity contribution in [2.45, 2.75) is 24.7 Å². The Balaban J connectivity index is 2.09. The first-order valence-electron chi connectivity index (χ1n) is 7.51. The largest absolute Gasteiger partial charge is 0.453 e. The van der Waals surface area contributed by atoms with E-state index in [2.05, 4.69) is 21.7 Å². The number of aryl methyl sites for hydroxylation is 1. The summed E-state index contributed by atoms with van der Waals surface area (Å²) in [6.45, 7) is 2.07. The minimum atomic E-state index is -3.65. The highest BCUT2D eigenvalue weighted by Crippen LogP contribution is 2.19. The molecule has 0 aliphatic carbocycles. The van der Waals surface area contributed by atoms with Crippen LogP contribution in [-0.2, 0) is 21.2 Å². The van der Waals surface area contributed by atoms with Crippen molar-refractivity contribution in [1.29, 1.82) is 0 Å². The van der Waals surface area contributed by atoms with Gasteiger partial charge in [0, 0.05) is 11.4 Å². The van der Waals surface area contributed by atoms with E-state index in [1.165, 1.54) is 7.11 Å². The van der Waals surface area contributed by atoms with E-state index in [1.54, 1.807) is 36.4 Å². The SMILES string of the molecule is CCCc1ccc(S(=O)(=O)Nc2ccc(NC(=O)OC)cc2)cc1. The van der Waals surface area contributed by atoms with E-state index in [0.29, 0.717) is 11.4 Å². The van der Waals surface area contributed by atoms with Gasteiger partial charge in [-0.3, -0.25) is 10.0 Å². The van der Waals surface area contributed by atoms with Crippen LogP contribution in [0.5, 0.6) is 0 Å². The van der Waals surface area contributed by atoms with Gasteiger partial charge in [0.05, 0.1) is 12.0 Å². The summed E-state index contributed by atoms with van der Waals surface area (Å²) in [6.07, 6.45) is 1.34. The molecule has 2 aromatic rings. The number of ether oxygens (including phenoxy) is 1. The summed E-state index contributed by atoms with van der Waals surface area (Å²) < 4.78 is 31.8. The molecule has 2 aromatic carbocycles. The quantitative estimate of drug-likeness (QED) is 0.835. The molecule has 6 nitrogen and oxygen atoms in total. The molecule has 0 aromatic heterocycles. The summed E-state index contributed by atoms with van der Waals surface area (Å²) in [7, 11) is -2.38. The number of methoxy groups -OCH3 is 1. The van der Waals surface area contributed by atoms with Crippen LogP contribution in [0, 0.1) is 0 Å². The third-order valence-corrected chi connectivity index (χ3v) is 4.74. The highest BCUT2D eigenvalue weighted by molar-refractivity contribution is 7.92. The number of hydrogen-bond acceptors (Lipinski definition) is 4. The Morgan fingerprint density at radius 2 is 1.58 bits per heavy atom. The van der Waals surface area contributed by atoms with Gasteiger partial charge in [-0.1, -0.05) is 25.5 Å². The molecule has 0 unspecified atom stereocenters. The Morgan fingerprint density at radius 3 is 2.12 bits per heavy atom. The Bertz CT molecular complexity index is 784. The first-order valence-corrected chi connectivity index (χ1v) is 8.99. The first kappa shape index (κ1) is 17.8. The van der Waals surface area contributed by atoms with Gasteiger partial charge in [0.2, 0.25) is 0 Å². The number of amides is 1. The average molecular weight is 348 g/mol. The molecule has 2 rings (SSSR count). The number of carbonyl (C=O) groups excluding carboxylic acids is 1. The smallest absolute Gasteiger partial charge is 0.411 e. The standard InChI is InChI=1S/C17H20N2O4S/c1-3-4-13-5-11-16(12-6-13)24(21,22)19-15-9-7-14(8-10-15)18-17(20)23-2/h5-12,19H,3-4H2,1-2H3,(H,18,20). The highest BCUT2D eigenvalue weighted by Gasteiger charge is 2.14. The average Bonchev–Trinajstić information content (AvgIpc) is 2.57. The van der Waals surface area contributed by atoms with E-state index in [-0.39, 0.29) is 4.90 Å². The first-order chi connectivity index (χ1) is 11.4. The molecule has 0 spiro atoms. The Hall–Kier alpha value is -2.54. The van der Waals surface area contributed by atoms with E-state index in [0.717, 1.165) is 18.4 Å². The molecular formula is C17H20N2O4S. The third kappa shape index (κ3) is 4.73. The summed E-state index contributed by atoms with van der Waals surface area (Å²) in [5, 5.41) is 2.49. The van der Waals surface area contributed by atoms with Gasteiger partial charge in [0.1, 0.15) is 0 Å². The predicted molar refractivity (Wildman–Crippen MR) is 93.7 cm³/mol. The lowest BCUT2D eigenvalue weighted by Crippen LogP contribution is -2.13. The molecule has 0 atom stereocenters. The van der Waals surface area contributed by atoms with Gasteiger partial charge in [0.25, 0.3) is 10.0 Å². The monoisotopic (exact) mass is 348 g/mol. The van der Waals surface area contributed by atoms with E-state index >= 15 is 0 Å².